The largest absolute Gasteiger partial charge is 0.480 e. The molecule has 7 nitrogen and oxygen atoms in total. The average molecular weight is 376 g/mol. The zero-order valence-corrected chi connectivity index (χ0v) is 15.1. The van der Waals surface area contributed by atoms with Crippen LogP contribution in [0.25, 0.3) is 0 Å². The molecule has 1 amide bonds. The molecule has 8 heteroatoms. The number of hydrogen-bond donors (Lipinski definition) is 1. The van der Waals surface area contributed by atoms with Crippen LogP contribution in [-0.4, -0.2) is 46.9 Å². The first-order valence-electron chi connectivity index (χ1n) is 8.35. The number of carbonyl (C=O) groups is 2. The molecule has 0 radical (unpaired) electrons. The SMILES string of the molecule is Cc1ccc(S(=O)(=O)n2ccc(C(=O)N3CCCCC3C(=O)O)c2)cc1. The summed E-state index contributed by atoms with van der Waals surface area (Å²) < 4.78 is 26.3. The maximum absolute atomic E-state index is 12.7. The molecule has 1 atom stereocenters. The fraction of sp³-hybridized carbons (Fsp3) is 0.333. The van der Waals surface area contributed by atoms with E-state index in [0.29, 0.717) is 13.0 Å². The van der Waals surface area contributed by atoms with Crippen LogP contribution in [0.15, 0.2) is 47.6 Å². The van der Waals surface area contributed by atoms with Gasteiger partial charge in [0.05, 0.1) is 10.5 Å². The van der Waals surface area contributed by atoms with Gasteiger partial charge in [0.15, 0.2) is 0 Å². The highest BCUT2D eigenvalue weighted by Crippen LogP contribution is 2.21. The van der Waals surface area contributed by atoms with Crippen LogP contribution < -0.4 is 0 Å². The van der Waals surface area contributed by atoms with Gasteiger partial charge >= 0.3 is 5.97 Å². The third-order valence-corrected chi connectivity index (χ3v) is 6.21. The van der Waals surface area contributed by atoms with E-state index in [1.54, 1.807) is 12.1 Å². The summed E-state index contributed by atoms with van der Waals surface area (Å²) in [6, 6.07) is 6.96. The molecule has 1 saturated heterocycles. The summed E-state index contributed by atoms with van der Waals surface area (Å²) in [6.45, 7) is 2.21. The highest BCUT2D eigenvalue weighted by Gasteiger charge is 2.33. The molecule has 1 aromatic heterocycles. The van der Waals surface area contributed by atoms with E-state index in [-0.39, 0.29) is 10.5 Å². The van der Waals surface area contributed by atoms with Crippen LogP contribution >= 0.6 is 0 Å². The van der Waals surface area contributed by atoms with Gasteiger partial charge in [0.2, 0.25) is 0 Å². The number of carbonyl (C=O) groups excluding carboxylic acids is 1. The normalized spacial score (nSPS) is 17.9. The molecule has 1 fully saturated rings. The van der Waals surface area contributed by atoms with Crippen molar-refractivity contribution in [1.29, 1.82) is 0 Å². The topological polar surface area (TPSA) is 96.7 Å². The summed E-state index contributed by atoms with van der Waals surface area (Å²) in [5.74, 6) is -1.50. The van der Waals surface area contributed by atoms with Crippen molar-refractivity contribution >= 4 is 21.9 Å². The molecule has 0 bridgehead atoms. The molecule has 2 heterocycles. The van der Waals surface area contributed by atoms with Crippen LogP contribution in [0.2, 0.25) is 0 Å². The van der Waals surface area contributed by atoms with Crippen LogP contribution in [-0.2, 0) is 14.8 Å². The van der Waals surface area contributed by atoms with Crippen molar-refractivity contribution in [3.05, 3.63) is 53.9 Å². The number of rotatable bonds is 4. The van der Waals surface area contributed by atoms with Gasteiger partial charge in [-0.15, -0.1) is 0 Å². The first-order chi connectivity index (χ1) is 12.3. The van der Waals surface area contributed by atoms with Gasteiger partial charge in [0.1, 0.15) is 6.04 Å². The molecule has 3 rings (SSSR count). The Bertz CT molecular complexity index is 931. The predicted octanol–water partition coefficient (Wildman–Crippen LogP) is 2.11. The number of benzene rings is 1. The van der Waals surface area contributed by atoms with Gasteiger partial charge in [0.25, 0.3) is 15.9 Å². The van der Waals surface area contributed by atoms with Crippen LogP contribution in [0.1, 0.15) is 35.2 Å². The summed E-state index contributed by atoms with van der Waals surface area (Å²) in [5, 5.41) is 9.31. The molecule has 1 aliphatic rings. The van der Waals surface area contributed by atoms with Gasteiger partial charge in [-0.2, -0.15) is 0 Å². The first-order valence-corrected chi connectivity index (χ1v) is 9.79. The average Bonchev–Trinajstić information content (AvgIpc) is 3.12. The lowest BCUT2D eigenvalue weighted by Gasteiger charge is -2.32. The van der Waals surface area contributed by atoms with Crippen molar-refractivity contribution in [2.24, 2.45) is 0 Å². The number of carboxylic acid groups (broad SMARTS) is 1. The number of aliphatic carboxylic acids is 1. The Morgan fingerprint density at radius 3 is 2.46 bits per heavy atom. The predicted molar refractivity (Wildman–Crippen MR) is 94.5 cm³/mol. The van der Waals surface area contributed by atoms with E-state index in [1.165, 1.54) is 35.5 Å². The molecule has 1 aromatic carbocycles. The van der Waals surface area contributed by atoms with Gasteiger partial charge < -0.3 is 10.0 Å². The molecular weight excluding hydrogens is 356 g/mol. The van der Waals surface area contributed by atoms with Crippen LogP contribution in [0.5, 0.6) is 0 Å². The Kier molecular flexibility index (Phi) is 4.86. The van der Waals surface area contributed by atoms with Crippen molar-refractivity contribution in [3.8, 4) is 0 Å². The molecule has 2 aromatic rings. The molecular formula is C18H20N2O5S. The molecule has 1 aliphatic heterocycles. The smallest absolute Gasteiger partial charge is 0.326 e. The van der Waals surface area contributed by atoms with Crippen LogP contribution in [0.3, 0.4) is 0 Å². The summed E-state index contributed by atoms with van der Waals surface area (Å²) in [7, 11) is -3.80. The minimum atomic E-state index is -3.80. The zero-order valence-electron chi connectivity index (χ0n) is 14.3. The number of nitrogens with zero attached hydrogens (tertiary/aromatic N) is 2. The van der Waals surface area contributed by atoms with E-state index in [1.807, 2.05) is 6.92 Å². The lowest BCUT2D eigenvalue weighted by Crippen LogP contribution is -2.47. The van der Waals surface area contributed by atoms with Crippen molar-refractivity contribution in [2.45, 2.75) is 37.1 Å². The highest BCUT2D eigenvalue weighted by molar-refractivity contribution is 7.90. The maximum Gasteiger partial charge on any atom is 0.326 e. The molecule has 26 heavy (non-hydrogen) atoms. The van der Waals surface area contributed by atoms with Crippen LogP contribution in [0.4, 0.5) is 0 Å². The van der Waals surface area contributed by atoms with Gasteiger partial charge in [-0.1, -0.05) is 17.7 Å². The Balaban J connectivity index is 1.88. The highest BCUT2D eigenvalue weighted by atomic mass is 32.2. The van der Waals surface area contributed by atoms with Crippen molar-refractivity contribution < 1.29 is 23.1 Å². The standard InChI is InChI=1S/C18H20N2O5S/c1-13-5-7-15(8-6-13)26(24,25)19-11-9-14(12-19)17(21)20-10-3-2-4-16(20)18(22)23/h5-9,11-12,16H,2-4,10H2,1H3,(H,22,23). The summed E-state index contributed by atoms with van der Waals surface area (Å²) in [4.78, 5) is 25.5. The number of carboxylic acids is 1. The second kappa shape index (κ2) is 6.95. The quantitative estimate of drug-likeness (QED) is 0.882. The Hall–Kier alpha value is -2.61. The lowest BCUT2D eigenvalue weighted by atomic mass is 10.0. The van der Waals surface area contributed by atoms with Crippen molar-refractivity contribution in [3.63, 3.8) is 0 Å². The third kappa shape index (κ3) is 3.37. The number of hydrogen-bond acceptors (Lipinski definition) is 4. The van der Waals surface area contributed by atoms with E-state index in [0.717, 1.165) is 22.4 Å². The molecule has 0 saturated carbocycles. The van der Waals surface area contributed by atoms with Gasteiger partial charge in [-0.05, 0) is 44.4 Å². The van der Waals surface area contributed by atoms with Crippen LogP contribution in [0, 0.1) is 6.92 Å². The Morgan fingerprint density at radius 1 is 1.12 bits per heavy atom. The molecule has 0 aliphatic carbocycles. The summed E-state index contributed by atoms with van der Waals surface area (Å²) in [5.41, 5.74) is 1.10. The second-order valence-corrected chi connectivity index (χ2v) is 8.24. The maximum atomic E-state index is 12.7. The van der Waals surface area contributed by atoms with Crippen molar-refractivity contribution in [1.82, 2.24) is 8.87 Å². The first kappa shape index (κ1) is 18.2. The van der Waals surface area contributed by atoms with E-state index >= 15 is 0 Å². The number of aromatic nitrogens is 1. The Labute approximate surface area is 151 Å². The molecule has 1 unspecified atom stereocenters. The molecule has 1 N–H and O–H groups in total. The van der Waals surface area contributed by atoms with E-state index < -0.39 is 27.9 Å². The third-order valence-electron chi connectivity index (χ3n) is 4.56. The van der Waals surface area contributed by atoms with E-state index in [2.05, 4.69) is 0 Å². The van der Waals surface area contributed by atoms with E-state index in [4.69, 9.17) is 0 Å². The van der Waals surface area contributed by atoms with Gasteiger partial charge in [-0.25, -0.2) is 17.2 Å². The Morgan fingerprint density at radius 2 is 1.81 bits per heavy atom. The van der Waals surface area contributed by atoms with Crippen molar-refractivity contribution in [2.75, 3.05) is 6.54 Å². The minimum absolute atomic E-state index is 0.124. The molecule has 0 spiro atoms. The minimum Gasteiger partial charge on any atom is -0.480 e. The second-order valence-electron chi connectivity index (χ2n) is 6.40. The summed E-state index contributed by atoms with van der Waals surface area (Å²) in [6.07, 6.45) is 4.44. The molecule has 138 valence electrons. The zero-order chi connectivity index (χ0) is 18.9. The van der Waals surface area contributed by atoms with E-state index in [9.17, 15) is 23.1 Å². The number of likely N-dealkylation sites (tertiary alicyclic amines) is 1. The number of aryl methyl sites for hydroxylation is 1. The van der Waals surface area contributed by atoms with Gasteiger partial charge in [0, 0.05) is 18.9 Å². The van der Waals surface area contributed by atoms with Gasteiger partial charge in [-0.3, -0.25) is 4.79 Å². The monoisotopic (exact) mass is 376 g/mol. The fourth-order valence-electron chi connectivity index (χ4n) is 3.08. The number of piperidine rings is 1. The number of amides is 1. The fourth-order valence-corrected chi connectivity index (χ4v) is 4.28. The summed E-state index contributed by atoms with van der Waals surface area (Å²) >= 11 is 0. The lowest BCUT2D eigenvalue weighted by molar-refractivity contribution is -0.143.